The van der Waals surface area contributed by atoms with Gasteiger partial charge >= 0.3 is 0 Å². The van der Waals surface area contributed by atoms with Gasteiger partial charge in [0.1, 0.15) is 5.65 Å². The average Bonchev–Trinajstić information content (AvgIpc) is 3.22. The molecule has 0 aliphatic carbocycles. The van der Waals surface area contributed by atoms with Gasteiger partial charge in [0.2, 0.25) is 0 Å². The molecule has 0 spiro atoms. The number of carbonyl (C=O) groups excluding carboxylic acids is 1. The largest absolute Gasteiger partial charge is 0.369 e. The minimum absolute atomic E-state index is 0.452. The number of H-pyrrole nitrogens is 1. The van der Waals surface area contributed by atoms with Gasteiger partial charge in [-0.05, 0) is 68.8 Å². The lowest BCUT2D eigenvalue weighted by Gasteiger charge is -2.35. The maximum absolute atomic E-state index is 11.8. The van der Waals surface area contributed by atoms with E-state index in [9.17, 15) is 4.79 Å². The van der Waals surface area contributed by atoms with Crippen LogP contribution in [0.25, 0.3) is 33.4 Å². The molecule has 1 aliphatic rings. The van der Waals surface area contributed by atoms with Crippen LogP contribution in [0.4, 0.5) is 5.69 Å². The molecule has 0 unspecified atom stereocenters. The Labute approximate surface area is 199 Å². The maximum atomic E-state index is 11.8. The van der Waals surface area contributed by atoms with Crippen molar-refractivity contribution in [3.8, 4) is 22.4 Å². The van der Waals surface area contributed by atoms with Gasteiger partial charge in [-0.25, -0.2) is 4.98 Å². The van der Waals surface area contributed by atoms with Crippen LogP contribution in [0.15, 0.2) is 42.7 Å². The molecule has 4 heterocycles. The minimum Gasteiger partial charge on any atom is -0.369 e. The molecule has 4 aromatic rings. The summed E-state index contributed by atoms with van der Waals surface area (Å²) in [4.78, 5) is 29.2. The standard InChI is InChI=1S/C27H30N6O/c1-16-11-19(5-6-24(16)33-9-7-32(4)8-10-33)20-13-21-22(15-30-27(21)29-14-20)23-12-17(2)25(26(28)34)18(3)31-23/h5-6,11-15H,7-10H2,1-4H3,(H2,28,34)(H,29,30). The van der Waals surface area contributed by atoms with Crippen molar-refractivity contribution in [3.63, 3.8) is 0 Å². The molecule has 0 bridgehead atoms. The van der Waals surface area contributed by atoms with Crippen LogP contribution >= 0.6 is 0 Å². The van der Waals surface area contributed by atoms with Crippen molar-refractivity contribution in [1.82, 2.24) is 19.9 Å². The van der Waals surface area contributed by atoms with Gasteiger partial charge in [-0.2, -0.15) is 0 Å². The summed E-state index contributed by atoms with van der Waals surface area (Å²) in [7, 11) is 2.18. The van der Waals surface area contributed by atoms with E-state index < -0.39 is 5.91 Å². The summed E-state index contributed by atoms with van der Waals surface area (Å²) >= 11 is 0. The van der Waals surface area contributed by atoms with Crippen LogP contribution in [-0.2, 0) is 0 Å². The topological polar surface area (TPSA) is 91.1 Å². The van der Waals surface area contributed by atoms with E-state index in [1.807, 2.05) is 32.3 Å². The summed E-state index contributed by atoms with van der Waals surface area (Å²) in [6.07, 6.45) is 3.83. The van der Waals surface area contributed by atoms with E-state index in [1.54, 1.807) is 0 Å². The van der Waals surface area contributed by atoms with E-state index in [2.05, 4.69) is 63.0 Å². The molecule has 1 aliphatic heterocycles. The van der Waals surface area contributed by atoms with Gasteiger partial charge in [0, 0.05) is 60.8 Å². The Bertz CT molecular complexity index is 1370. The number of likely N-dealkylation sites (N-methyl/N-ethyl adjacent to an activating group) is 1. The van der Waals surface area contributed by atoms with Gasteiger partial charge in [-0.15, -0.1) is 0 Å². The third-order valence-corrected chi connectivity index (χ3v) is 6.83. The second kappa shape index (κ2) is 8.57. The Morgan fingerprint density at radius 3 is 2.44 bits per heavy atom. The zero-order chi connectivity index (χ0) is 24.0. The molecule has 3 aromatic heterocycles. The quantitative estimate of drug-likeness (QED) is 0.485. The second-order valence-corrected chi connectivity index (χ2v) is 9.26. The summed E-state index contributed by atoms with van der Waals surface area (Å²) in [5.41, 5.74) is 14.8. The lowest BCUT2D eigenvalue weighted by molar-refractivity contribution is 0.0998. The summed E-state index contributed by atoms with van der Waals surface area (Å²) < 4.78 is 0. The molecule has 1 saturated heterocycles. The lowest BCUT2D eigenvalue weighted by Crippen LogP contribution is -2.44. The minimum atomic E-state index is -0.452. The number of fused-ring (bicyclic) bond motifs is 1. The van der Waals surface area contributed by atoms with E-state index in [0.29, 0.717) is 11.3 Å². The van der Waals surface area contributed by atoms with E-state index in [4.69, 9.17) is 5.73 Å². The molecule has 0 radical (unpaired) electrons. The summed E-state index contributed by atoms with van der Waals surface area (Å²) in [6.45, 7) is 10.2. The lowest BCUT2D eigenvalue weighted by atomic mass is 10.00. The number of rotatable bonds is 4. The smallest absolute Gasteiger partial charge is 0.250 e. The first-order chi connectivity index (χ1) is 16.3. The normalized spacial score (nSPS) is 14.6. The summed E-state index contributed by atoms with van der Waals surface area (Å²) in [5.74, 6) is -0.452. The molecule has 0 saturated carbocycles. The van der Waals surface area contributed by atoms with Crippen molar-refractivity contribution in [2.75, 3.05) is 38.1 Å². The highest BCUT2D eigenvalue weighted by Gasteiger charge is 2.18. The third-order valence-electron chi connectivity index (χ3n) is 6.83. The highest BCUT2D eigenvalue weighted by molar-refractivity contribution is 5.98. The number of aryl methyl sites for hydroxylation is 3. The van der Waals surface area contributed by atoms with Gasteiger partial charge in [0.25, 0.3) is 5.91 Å². The number of carbonyl (C=O) groups is 1. The fourth-order valence-electron chi connectivity index (χ4n) is 4.95. The molecule has 1 fully saturated rings. The first-order valence-electron chi connectivity index (χ1n) is 11.6. The number of aromatic nitrogens is 3. The molecule has 174 valence electrons. The van der Waals surface area contributed by atoms with Crippen LogP contribution in [0, 0.1) is 20.8 Å². The predicted octanol–water partition coefficient (Wildman–Crippen LogP) is 4.07. The number of anilines is 1. The van der Waals surface area contributed by atoms with E-state index in [-0.39, 0.29) is 0 Å². The molecular weight excluding hydrogens is 424 g/mol. The summed E-state index contributed by atoms with van der Waals surface area (Å²) in [6, 6.07) is 10.7. The van der Waals surface area contributed by atoms with Crippen LogP contribution in [0.5, 0.6) is 0 Å². The zero-order valence-corrected chi connectivity index (χ0v) is 20.1. The number of piperazine rings is 1. The molecule has 34 heavy (non-hydrogen) atoms. The van der Waals surface area contributed by atoms with Crippen molar-refractivity contribution in [2.45, 2.75) is 20.8 Å². The van der Waals surface area contributed by atoms with Crippen molar-refractivity contribution >= 4 is 22.6 Å². The first-order valence-corrected chi connectivity index (χ1v) is 11.6. The van der Waals surface area contributed by atoms with Gasteiger partial charge in [-0.1, -0.05) is 6.07 Å². The van der Waals surface area contributed by atoms with Crippen molar-refractivity contribution in [3.05, 3.63) is 65.1 Å². The Morgan fingerprint density at radius 2 is 1.76 bits per heavy atom. The van der Waals surface area contributed by atoms with Crippen molar-refractivity contribution in [1.29, 1.82) is 0 Å². The van der Waals surface area contributed by atoms with Crippen molar-refractivity contribution < 1.29 is 4.79 Å². The van der Waals surface area contributed by atoms with Crippen LogP contribution < -0.4 is 10.6 Å². The fraction of sp³-hybridized carbons (Fsp3) is 0.296. The highest BCUT2D eigenvalue weighted by atomic mass is 16.1. The SMILES string of the molecule is Cc1cc(-c2cnc3[nH]cc(-c4cc(C)c(C(N)=O)c(C)n4)c3c2)ccc1N1CCN(C)CC1. The first kappa shape index (κ1) is 22.1. The van der Waals surface area contributed by atoms with Crippen LogP contribution in [0.3, 0.4) is 0 Å². The number of nitrogens with zero attached hydrogens (tertiary/aromatic N) is 4. The molecule has 7 nitrogen and oxygen atoms in total. The number of benzene rings is 1. The fourth-order valence-corrected chi connectivity index (χ4v) is 4.95. The van der Waals surface area contributed by atoms with E-state index in [1.165, 1.54) is 11.3 Å². The molecule has 1 amide bonds. The number of amides is 1. The number of hydrogen-bond donors (Lipinski definition) is 2. The van der Waals surface area contributed by atoms with Gasteiger partial charge in [-0.3, -0.25) is 9.78 Å². The number of hydrogen-bond acceptors (Lipinski definition) is 5. The molecule has 7 heteroatoms. The maximum Gasteiger partial charge on any atom is 0.250 e. The number of primary amides is 1. The third kappa shape index (κ3) is 3.92. The average molecular weight is 455 g/mol. The van der Waals surface area contributed by atoms with E-state index in [0.717, 1.165) is 65.2 Å². The Balaban J connectivity index is 1.52. The van der Waals surface area contributed by atoms with Crippen LogP contribution in [0.1, 0.15) is 27.2 Å². The van der Waals surface area contributed by atoms with Crippen LogP contribution in [0.2, 0.25) is 0 Å². The van der Waals surface area contributed by atoms with Crippen LogP contribution in [-0.4, -0.2) is 59.0 Å². The Morgan fingerprint density at radius 1 is 1.00 bits per heavy atom. The molecule has 3 N–H and O–H groups in total. The second-order valence-electron chi connectivity index (χ2n) is 9.26. The Hall–Kier alpha value is -3.71. The summed E-state index contributed by atoms with van der Waals surface area (Å²) in [5, 5.41) is 0.997. The monoisotopic (exact) mass is 454 g/mol. The highest BCUT2D eigenvalue weighted by Crippen LogP contribution is 2.33. The number of nitrogens with one attached hydrogen (secondary N) is 1. The molecular formula is C27H30N6O. The number of nitrogens with two attached hydrogens (primary N) is 1. The number of aromatic amines is 1. The molecule has 1 aromatic carbocycles. The van der Waals surface area contributed by atoms with Crippen molar-refractivity contribution in [2.24, 2.45) is 5.73 Å². The zero-order valence-electron chi connectivity index (χ0n) is 20.1. The number of pyridine rings is 2. The van der Waals surface area contributed by atoms with Gasteiger partial charge in [0.05, 0.1) is 17.0 Å². The van der Waals surface area contributed by atoms with Gasteiger partial charge < -0.3 is 20.5 Å². The van der Waals surface area contributed by atoms with E-state index >= 15 is 0 Å². The van der Waals surface area contributed by atoms with Gasteiger partial charge in [0.15, 0.2) is 0 Å². The molecule has 5 rings (SSSR count). The Kier molecular flexibility index (Phi) is 5.57. The predicted molar refractivity (Wildman–Crippen MR) is 137 cm³/mol. The molecule has 0 atom stereocenters.